The van der Waals surface area contributed by atoms with E-state index in [4.69, 9.17) is 23.2 Å². The van der Waals surface area contributed by atoms with Gasteiger partial charge in [0.1, 0.15) is 17.2 Å². The number of hydrogen-bond donors (Lipinski definition) is 1. The molecule has 21 heavy (non-hydrogen) atoms. The minimum atomic E-state index is -0.433. The maximum atomic E-state index is 13.1. The Kier molecular flexibility index (Phi) is 3.53. The number of carbonyl (C=O) groups is 1. The second kappa shape index (κ2) is 5.35. The Morgan fingerprint density at radius 3 is 2.57 bits per heavy atom. The Hall–Kier alpha value is -2.11. The van der Waals surface area contributed by atoms with E-state index >= 15 is 0 Å². The van der Waals surface area contributed by atoms with Gasteiger partial charge in [0.25, 0.3) is 5.91 Å². The molecule has 1 amide bonds. The van der Waals surface area contributed by atoms with E-state index < -0.39 is 11.7 Å². The average molecular weight is 324 g/mol. The zero-order chi connectivity index (χ0) is 15.0. The van der Waals surface area contributed by atoms with Crippen LogP contribution in [0.3, 0.4) is 0 Å². The number of halogens is 3. The van der Waals surface area contributed by atoms with Crippen molar-refractivity contribution in [3.05, 3.63) is 64.3 Å². The van der Waals surface area contributed by atoms with Crippen molar-refractivity contribution in [2.75, 3.05) is 5.32 Å². The lowest BCUT2D eigenvalue weighted by Crippen LogP contribution is -2.12. The minimum Gasteiger partial charge on any atom is -0.321 e. The van der Waals surface area contributed by atoms with Crippen molar-refractivity contribution in [3.63, 3.8) is 0 Å². The summed E-state index contributed by atoms with van der Waals surface area (Å²) in [6, 6.07) is 7.47. The molecule has 0 aliphatic heterocycles. The molecule has 3 aromatic rings. The first kappa shape index (κ1) is 13.9. The standard InChI is InChI=1S/C14H8Cl2FN3O/c15-8-3-9(16)5-11(4-8)18-14(21)12-7-20-6-10(17)1-2-13(20)19-12/h1-7H,(H,18,21). The number of imidazole rings is 1. The van der Waals surface area contributed by atoms with Crippen LogP contribution in [0.5, 0.6) is 0 Å². The van der Waals surface area contributed by atoms with Crippen molar-refractivity contribution in [1.82, 2.24) is 9.38 Å². The predicted octanol–water partition coefficient (Wildman–Crippen LogP) is 4.03. The van der Waals surface area contributed by atoms with Gasteiger partial charge in [-0.25, -0.2) is 9.37 Å². The summed E-state index contributed by atoms with van der Waals surface area (Å²) in [7, 11) is 0. The SMILES string of the molecule is O=C(Nc1cc(Cl)cc(Cl)c1)c1cn2cc(F)ccc2n1. The third kappa shape index (κ3) is 2.99. The number of anilines is 1. The fraction of sp³-hybridized carbons (Fsp3) is 0. The maximum Gasteiger partial charge on any atom is 0.275 e. The largest absolute Gasteiger partial charge is 0.321 e. The Balaban J connectivity index is 1.89. The Morgan fingerprint density at radius 2 is 1.86 bits per heavy atom. The van der Waals surface area contributed by atoms with Crippen LogP contribution in [-0.2, 0) is 0 Å². The lowest BCUT2D eigenvalue weighted by atomic mass is 10.3. The van der Waals surface area contributed by atoms with Gasteiger partial charge in [-0.05, 0) is 30.3 Å². The van der Waals surface area contributed by atoms with Gasteiger partial charge in [-0.15, -0.1) is 0 Å². The molecule has 0 atom stereocenters. The molecule has 0 spiro atoms. The molecule has 1 aromatic carbocycles. The number of nitrogens with zero attached hydrogens (tertiary/aromatic N) is 2. The van der Waals surface area contributed by atoms with E-state index in [1.54, 1.807) is 18.2 Å². The first-order valence-corrected chi connectivity index (χ1v) is 6.68. The van der Waals surface area contributed by atoms with E-state index in [2.05, 4.69) is 10.3 Å². The molecular weight excluding hydrogens is 316 g/mol. The summed E-state index contributed by atoms with van der Waals surface area (Å²) in [5.41, 5.74) is 1.10. The minimum absolute atomic E-state index is 0.164. The molecule has 0 bridgehead atoms. The number of fused-ring (bicyclic) bond motifs is 1. The maximum absolute atomic E-state index is 13.1. The van der Waals surface area contributed by atoms with Crippen LogP contribution in [0.1, 0.15) is 10.5 Å². The van der Waals surface area contributed by atoms with Crippen LogP contribution < -0.4 is 5.32 Å². The van der Waals surface area contributed by atoms with E-state index in [9.17, 15) is 9.18 Å². The Morgan fingerprint density at radius 1 is 1.14 bits per heavy atom. The second-order valence-corrected chi connectivity index (χ2v) is 5.22. The van der Waals surface area contributed by atoms with Gasteiger partial charge in [0.2, 0.25) is 0 Å². The molecule has 0 aliphatic rings. The molecule has 2 aromatic heterocycles. The van der Waals surface area contributed by atoms with Crippen LogP contribution in [0.25, 0.3) is 5.65 Å². The lowest BCUT2D eigenvalue weighted by Gasteiger charge is -2.04. The van der Waals surface area contributed by atoms with E-state index in [1.807, 2.05) is 0 Å². The topological polar surface area (TPSA) is 46.4 Å². The van der Waals surface area contributed by atoms with Crippen molar-refractivity contribution >= 4 is 40.4 Å². The molecule has 2 heterocycles. The molecule has 0 radical (unpaired) electrons. The summed E-state index contributed by atoms with van der Waals surface area (Å²) in [5, 5.41) is 3.46. The fourth-order valence-electron chi connectivity index (χ4n) is 1.90. The third-order valence-electron chi connectivity index (χ3n) is 2.77. The number of amides is 1. The highest BCUT2D eigenvalue weighted by molar-refractivity contribution is 6.35. The van der Waals surface area contributed by atoms with Gasteiger partial charge in [0, 0.05) is 28.1 Å². The smallest absolute Gasteiger partial charge is 0.275 e. The number of nitrogens with one attached hydrogen (secondary N) is 1. The van der Waals surface area contributed by atoms with Crippen LogP contribution in [-0.4, -0.2) is 15.3 Å². The summed E-state index contributed by atoms with van der Waals surface area (Å²) in [5.74, 6) is -0.842. The molecule has 106 valence electrons. The van der Waals surface area contributed by atoms with Gasteiger partial charge in [-0.2, -0.15) is 0 Å². The number of pyridine rings is 1. The highest BCUT2D eigenvalue weighted by Gasteiger charge is 2.12. The first-order valence-electron chi connectivity index (χ1n) is 5.93. The number of hydrogen-bond acceptors (Lipinski definition) is 2. The van der Waals surface area contributed by atoms with Crippen molar-refractivity contribution in [1.29, 1.82) is 0 Å². The van der Waals surface area contributed by atoms with Crippen molar-refractivity contribution < 1.29 is 9.18 Å². The zero-order valence-corrected chi connectivity index (χ0v) is 12.0. The number of carbonyl (C=O) groups excluding carboxylic acids is 1. The van der Waals surface area contributed by atoms with Crippen LogP contribution in [0, 0.1) is 5.82 Å². The molecule has 0 unspecified atom stereocenters. The van der Waals surface area contributed by atoms with E-state index in [-0.39, 0.29) is 5.69 Å². The molecule has 3 rings (SSSR count). The highest BCUT2D eigenvalue weighted by atomic mass is 35.5. The van der Waals surface area contributed by atoms with Gasteiger partial charge in [-0.3, -0.25) is 4.79 Å². The average Bonchev–Trinajstić information content (AvgIpc) is 2.80. The molecule has 0 saturated heterocycles. The lowest BCUT2D eigenvalue weighted by molar-refractivity contribution is 0.102. The van der Waals surface area contributed by atoms with Crippen LogP contribution in [0.2, 0.25) is 10.0 Å². The van der Waals surface area contributed by atoms with Crippen LogP contribution >= 0.6 is 23.2 Å². The van der Waals surface area contributed by atoms with Gasteiger partial charge >= 0.3 is 0 Å². The normalized spacial score (nSPS) is 10.8. The molecule has 7 heteroatoms. The molecule has 0 aliphatic carbocycles. The summed E-state index contributed by atoms with van der Waals surface area (Å²) in [4.78, 5) is 16.2. The monoisotopic (exact) mass is 323 g/mol. The van der Waals surface area contributed by atoms with E-state index in [0.717, 1.165) is 0 Å². The Labute approximate surface area is 129 Å². The Bertz CT molecular complexity index is 827. The summed E-state index contributed by atoms with van der Waals surface area (Å²) in [6.45, 7) is 0. The summed E-state index contributed by atoms with van der Waals surface area (Å²) in [6.07, 6.45) is 2.69. The molecule has 4 nitrogen and oxygen atoms in total. The molecule has 1 N–H and O–H groups in total. The summed E-state index contributed by atoms with van der Waals surface area (Å²) >= 11 is 11.7. The van der Waals surface area contributed by atoms with Gasteiger partial charge in [-0.1, -0.05) is 23.2 Å². The molecule has 0 saturated carbocycles. The first-order chi connectivity index (χ1) is 10.0. The second-order valence-electron chi connectivity index (χ2n) is 4.35. The summed E-state index contributed by atoms with van der Waals surface area (Å²) < 4.78 is 14.5. The van der Waals surface area contributed by atoms with Crippen LogP contribution in [0.15, 0.2) is 42.7 Å². The number of aromatic nitrogens is 2. The van der Waals surface area contributed by atoms with Crippen molar-refractivity contribution in [2.45, 2.75) is 0 Å². The fourth-order valence-corrected chi connectivity index (χ4v) is 2.42. The van der Waals surface area contributed by atoms with Gasteiger partial charge in [0.05, 0.1) is 0 Å². The number of benzene rings is 1. The van der Waals surface area contributed by atoms with Gasteiger partial charge < -0.3 is 9.72 Å². The highest BCUT2D eigenvalue weighted by Crippen LogP contribution is 2.22. The third-order valence-corrected chi connectivity index (χ3v) is 3.20. The van der Waals surface area contributed by atoms with Gasteiger partial charge in [0.15, 0.2) is 0 Å². The van der Waals surface area contributed by atoms with Crippen molar-refractivity contribution in [3.8, 4) is 0 Å². The molecular formula is C14H8Cl2FN3O. The number of rotatable bonds is 2. The van der Waals surface area contributed by atoms with E-state index in [0.29, 0.717) is 21.4 Å². The quantitative estimate of drug-likeness (QED) is 0.773. The van der Waals surface area contributed by atoms with Crippen molar-refractivity contribution in [2.24, 2.45) is 0 Å². The zero-order valence-electron chi connectivity index (χ0n) is 10.5. The molecule has 0 fully saturated rings. The van der Waals surface area contributed by atoms with E-state index in [1.165, 1.54) is 28.9 Å². The van der Waals surface area contributed by atoms with Crippen LogP contribution in [0.4, 0.5) is 10.1 Å². The predicted molar refractivity (Wildman–Crippen MR) is 79.6 cm³/mol.